The lowest BCUT2D eigenvalue weighted by atomic mass is 10.1. The molecule has 0 aliphatic rings. The van der Waals surface area contributed by atoms with E-state index in [9.17, 15) is 19.0 Å². The Kier molecular flexibility index (Phi) is 37.3. The molecule has 0 saturated carbocycles. The van der Waals surface area contributed by atoms with Crippen LogP contribution in [0.2, 0.25) is 0 Å². The first-order valence-corrected chi connectivity index (χ1v) is 22.1. The zero-order chi connectivity index (χ0) is 40.5. The molecule has 3 unspecified atom stereocenters. The molecule has 0 bridgehead atoms. The van der Waals surface area contributed by atoms with Crippen molar-refractivity contribution in [3.63, 3.8) is 0 Å². The van der Waals surface area contributed by atoms with Gasteiger partial charge >= 0.3 is 19.8 Å². The first kappa shape index (κ1) is 52.2. The van der Waals surface area contributed by atoms with E-state index in [0.29, 0.717) is 13.0 Å². The summed E-state index contributed by atoms with van der Waals surface area (Å²) in [5.41, 5.74) is 5.34. The number of carboxylic acid groups (broad SMARTS) is 1. The number of rotatable bonds is 38. The Morgan fingerprint density at radius 3 is 1.49 bits per heavy atom. The van der Waals surface area contributed by atoms with Gasteiger partial charge in [-0.1, -0.05) is 137 Å². The SMILES string of the molecule is CC/C=C\C/C=C\C/C=C\C/C=C\CCCCC(=O)OC(COCCCCCCCCCC/C=C\C/C=C\C/C=C\CC)COP(=O)(O)OCC(N)C(=O)O. The van der Waals surface area contributed by atoms with Gasteiger partial charge in [-0.25, -0.2) is 4.57 Å². The molecule has 0 aromatic carbocycles. The van der Waals surface area contributed by atoms with E-state index in [1.165, 1.54) is 32.1 Å². The summed E-state index contributed by atoms with van der Waals surface area (Å²) in [4.78, 5) is 33.5. The molecule has 10 nitrogen and oxygen atoms in total. The molecule has 0 radical (unpaired) electrons. The average molecular weight is 792 g/mol. The lowest BCUT2D eigenvalue weighted by Crippen LogP contribution is -2.34. The lowest BCUT2D eigenvalue weighted by molar-refractivity contribution is -0.154. The minimum atomic E-state index is -4.63. The summed E-state index contributed by atoms with van der Waals surface area (Å²) in [5, 5.41) is 8.88. The van der Waals surface area contributed by atoms with Gasteiger partial charge in [-0.15, -0.1) is 0 Å². The molecule has 0 saturated heterocycles. The first-order valence-electron chi connectivity index (χ1n) is 20.6. The summed E-state index contributed by atoms with van der Waals surface area (Å²) in [6.07, 6.45) is 49.2. The molecule has 3 atom stereocenters. The number of phosphoric ester groups is 1. The van der Waals surface area contributed by atoms with Crippen molar-refractivity contribution in [1.29, 1.82) is 0 Å². The zero-order valence-electron chi connectivity index (χ0n) is 34.0. The van der Waals surface area contributed by atoms with Crippen LogP contribution >= 0.6 is 7.82 Å². The Hall–Kier alpha value is -2.85. The maximum absolute atomic E-state index is 12.6. The fourth-order valence-electron chi connectivity index (χ4n) is 5.02. The quantitative estimate of drug-likeness (QED) is 0.0238. The van der Waals surface area contributed by atoms with Gasteiger partial charge in [-0.3, -0.25) is 18.6 Å². The highest BCUT2D eigenvalue weighted by Gasteiger charge is 2.27. The van der Waals surface area contributed by atoms with Crippen LogP contribution in [0.5, 0.6) is 0 Å². The minimum Gasteiger partial charge on any atom is -0.480 e. The van der Waals surface area contributed by atoms with Gasteiger partial charge in [0.25, 0.3) is 0 Å². The summed E-state index contributed by atoms with van der Waals surface area (Å²) in [5.74, 6) is -1.83. The normalized spacial score (nSPS) is 14.8. The number of allylic oxidation sites excluding steroid dienone is 14. The number of aliphatic carboxylic acids is 1. The van der Waals surface area contributed by atoms with E-state index in [4.69, 9.17) is 29.4 Å². The molecule has 0 aromatic heterocycles. The molecule has 0 fully saturated rings. The molecule has 55 heavy (non-hydrogen) atoms. The fraction of sp³-hybridized carbons (Fsp3) is 0.636. The Labute approximate surface area is 333 Å². The van der Waals surface area contributed by atoms with E-state index in [-0.39, 0.29) is 13.0 Å². The monoisotopic (exact) mass is 792 g/mol. The summed E-state index contributed by atoms with van der Waals surface area (Å²) in [6, 6.07) is -1.49. The molecule has 0 amide bonds. The first-order chi connectivity index (χ1) is 26.7. The van der Waals surface area contributed by atoms with E-state index >= 15 is 0 Å². The van der Waals surface area contributed by atoms with Crippen LogP contribution in [0.15, 0.2) is 85.1 Å². The van der Waals surface area contributed by atoms with Crippen molar-refractivity contribution in [2.24, 2.45) is 5.73 Å². The number of phosphoric acid groups is 1. The summed E-state index contributed by atoms with van der Waals surface area (Å²) in [6.45, 7) is 3.56. The van der Waals surface area contributed by atoms with Gasteiger partial charge in [0.05, 0.1) is 19.8 Å². The van der Waals surface area contributed by atoms with Crippen molar-refractivity contribution in [3.05, 3.63) is 85.1 Å². The van der Waals surface area contributed by atoms with Gasteiger partial charge in [0.2, 0.25) is 0 Å². The summed E-state index contributed by atoms with van der Waals surface area (Å²) >= 11 is 0. The highest BCUT2D eigenvalue weighted by Crippen LogP contribution is 2.43. The van der Waals surface area contributed by atoms with Crippen molar-refractivity contribution in [2.45, 2.75) is 154 Å². The molecule has 314 valence electrons. The molecular formula is C44H74NO9P. The van der Waals surface area contributed by atoms with Crippen molar-refractivity contribution in [2.75, 3.05) is 26.4 Å². The molecule has 11 heteroatoms. The number of hydrogen-bond donors (Lipinski definition) is 3. The van der Waals surface area contributed by atoms with Crippen LogP contribution in [0.25, 0.3) is 0 Å². The second-order valence-corrected chi connectivity index (χ2v) is 14.8. The predicted octanol–water partition coefficient (Wildman–Crippen LogP) is 11.2. The largest absolute Gasteiger partial charge is 0.480 e. The Bertz CT molecular complexity index is 1190. The van der Waals surface area contributed by atoms with E-state index in [2.05, 4.69) is 98.9 Å². The third kappa shape index (κ3) is 39.2. The van der Waals surface area contributed by atoms with Gasteiger partial charge in [-0.2, -0.15) is 0 Å². The van der Waals surface area contributed by atoms with Gasteiger partial charge in [0.1, 0.15) is 12.1 Å². The Balaban J connectivity index is 4.35. The molecular weight excluding hydrogens is 717 g/mol. The van der Waals surface area contributed by atoms with Crippen LogP contribution in [0.1, 0.15) is 142 Å². The van der Waals surface area contributed by atoms with Crippen LogP contribution in [-0.4, -0.2) is 60.5 Å². The van der Waals surface area contributed by atoms with Gasteiger partial charge in [0.15, 0.2) is 0 Å². The third-order valence-corrected chi connectivity index (χ3v) is 9.12. The number of esters is 1. The molecule has 0 aromatic rings. The van der Waals surface area contributed by atoms with Crippen LogP contribution < -0.4 is 5.73 Å². The predicted molar refractivity (Wildman–Crippen MR) is 226 cm³/mol. The van der Waals surface area contributed by atoms with Crippen LogP contribution in [0, 0.1) is 0 Å². The van der Waals surface area contributed by atoms with Gasteiger partial charge in [0, 0.05) is 13.0 Å². The van der Waals surface area contributed by atoms with Crippen molar-refractivity contribution < 1.29 is 42.7 Å². The minimum absolute atomic E-state index is 0.0105. The van der Waals surface area contributed by atoms with Crippen LogP contribution in [0.4, 0.5) is 0 Å². The molecule has 0 aliphatic carbocycles. The van der Waals surface area contributed by atoms with Crippen molar-refractivity contribution in [3.8, 4) is 0 Å². The molecule has 0 spiro atoms. The number of carbonyl (C=O) groups is 2. The number of hydrogen-bond acceptors (Lipinski definition) is 8. The van der Waals surface area contributed by atoms with Gasteiger partial charge < -0.3 is 25.2 Å². The van der Waals surface area contributed by atoms with Crippen LogP contribution in [-0.2, 0) is 32.7 Å². The standard InChI is InChI=1S/C44H74NO9P/c1-3-5-7-9-11-13-15-17-19-20-21-23-25-27-29-31-33-35-37-51-38-41(39-52-55(49,50)53-40-42(45)44(47)48)54-43(46)36-34-32-30-28-26-24-22-18-16-14-12-10-8-6-4-2/h5-8,11-14,17-19,22,26,28,41-42H,3-4,9-10,15-16,20-21,23-25,27,29-40,45H2,1-2H3,(H,47,48)(H,49,50)/b7-5-,8-6-,13-11-,14-12-,19-17-,22-18-,28-26-. The number of carbonyl (C=O) groups excluding carboxylic acids is 1. The Morgan fingerprint density at radius 1 is 0.582 bits per heavy atom. The topological polar surface area (TPSA) is 155 Å². The van der Waals surface area contributed by atoms with E-state index in [1.54, 1.807) is 0 Å². The second-order valence-electron chi connectivity index (χ2n) is 13.3. The van der Waals surface area contributed by atoms with E-state index in [1.807, 2.05) is 0 Å². The zero-order valence-corrected chi connectivity index (χ0v) is 34.9. The third-order valence-electron chi connectivity index (χ3n) is 8.17. The summed E-state index contributed by atoms with van der Waals surface area (Å²) in [7, 11) is -4.63. The maximum atomic E-state index is 12.6. The number of carboxylic acids is 1. The summed E-state index contributed by atoms with van der Waals surface area (Å²) < 4.78 is 33.3. The number of unbranched alkanes of at least 4 members (excludes halogenated alkanes) is 10. The van der Waals surface area contributed by atoms with E-state index in [0.717, 1.165) is 83.5 Å². The van der Waals surface area contributed by atoms with Crippen molar-refractivity contribution >= 4 is 19.8 Å². The molecule has 0 aliphatic heterocycles. The van der Waals surface area contributed by atoms with E-state index < -0.39 is 45.1 Å². The highest BCUT2D eigenvalue weighted by atomic mass is 31.2. The smallest absolute Gasteiger partial charge is 0.472 e. The Morgan fingerprint density at radius 2 is 1.00 bits per heavy atom. The highest BCUT2D eigenvalue weighted by molar-refractivity contribution is 7.47. The van der Waals surface area contributed by atoms with Crippen molar-refractivity contribution in [1.82, 2.24) is 0 Å². The number of ether oxygens (including phenoxy) is 2. The second kappa shape index (κ2) is 39.4. The molecule has 4 N–H and O–H groups in total. The molecule has 0 heterocycles. The fourth-order valence-corrected chi connectivity index (χ4v) is 5.80. The number of nitrogens with two attached hydrogens (primary N) is 1. The van der Waals surface area contributed by atoms with Crippen LogP contribution in [0.3, 0.4) is 0 Å². The van der Waals surface area contributed by atoms with Gasteiger partial charge in [-0.05, 0) is 83.5 Å². The average Bonchev–Trinajstić information content (AvgIpc) is 3.16. The maximum Gasteiger partial charge on any atom is 0.472 e. The molecule has 0 rings (SSSR count). The lowest BCUT2D eigenvalue weighted by Gasteiger charge is -2.20.